The Morgan fingerprint density at radius 1 is 0.949 bits per heavy atom. The zero-order valence-electron chi connectivity index (χ0n) is 23.3. The normalized spacial score (nSPS) is 11.9. The number of benzene rings is 2. The summed E-state index contributed by atoms with van der Waals surface area (Å²) in [7, 11) is 1.62. The van der Waals surface area contributed by atoms with Gasteiger partial charge in [0.15, 0.2) is 11.5 Å². The van der Waals surface area contributed by atoms with Crippen LogP contribution in [-0.2, 0) is 16.3 Å². The average molecular weight is 552 g/mol. The molecule has 0 saturated carbocycles. The molecular weight excluding hydrogens is 514 g/mol. The summed E-state index contributed by atoms with van der Waals surface area (Å²) in [6.45, 7) is 6.23. The maximum atomic E-state index is 13.6. The van der Waals surface area contributed by atoms with Crippen LogP contribution in [0.1, 0.15) is 37.4 Å². The highest BCUT2D eigenvalue weighted by Gasteiger charge is 2.28. The summed E-state index contributed by atoms with van der Waals surface area (Å²) in [5.74, 6) is 2.08. The average Bonchev–Trinajstić information content (AvgIpc) is 3.35. The highest BCUT2D eigenvalue weighted by atomic mass is 32.2. The fourth-order valence-electron chi connectivity index (χ4n) is 4.47. The van der Waals surface area contributed by atoms with Gasteiger partial charge in [-0.05, 0) is 79.9 Å². The first kappa shape index (κ1) is 28.4. The van der Waals surface area contributed by atoms with Crippen LogP contribution in [0, 0.1) is 0 Å². The van der Waals surface area contributed by atoms with Crippen LogP contribution in [0.15, 0.2) is 76.7 Å². The molecule has 0 amide bonds. The van der Waals surface area contributed by atoms with Crippen molar-refractivity contribution in [3.63, 3.8) is 0 Å². The fraction of sp³-hybridized carbons (Fsp3) is 0.367. The zero-order valence-corrected chi connectivity index (χ0v) is 24.1. The zero-order chi connectivity index (χ0) is 28.0. The molecular formula is C30H37N3O5S. The molecule has 0 N–H and O–H groups in total. The molecule has 0 aliphatic carbocycles. The van der Waals surface area contributed by atoms with Gasteiger partial charge in [0, 0.05) is 19.3 Å². The number of hydrogen-bond donors (Lipinski definition) is 0. The third-order valence-corrected chi connectivity index (χ3v) is 8.50. The second kappa shape index (κ2) is 12.5. The van der Waals surface area contributed by atoms with E-state index < -0.39 is 9.84 Å². The Labute approximate surface area is 231 Å². The van der Waals surface area contributed by atoms with Crippen LogP contribution in [0.4, 0.5) is 0 Å². The van der Waals surface area contributed by atoms with Crippen molar-refractivity contribution in [1.29, 1.82) is 0 Å². The summed E-state index contributed by atoms with van der Waals surface area (Å²) in [5.41, 5.74) is 2.34. The molecule has 4 aromatic rings. The Balaban J connectivity index is 1.31. The van der Waals surface area contributed by atoms with Gasteiger partial charge >= 0.3 is 0 Å². The summed E-state index contributed by atoms with van der Waals surface area (Å²) in [5, 5.41) is 4.53. The number of sulfone groups is 1. The van der Waals surface area contributed by atoms with Gasteiger partial charge in [0.25, 0.3) is 0 Å². The van der Waals surface area contributed by atoms with Crippen LogP contribution < -0.4 is 14.2 Å². The Hall–Kier alpha value is -3.56. The van der Waals surface area contributed by atoms with E-state index in [2.05, 4.69) is 23.1 Å². The Morgan fingerprint density at radius 2 is 1.69 bits per heavy atom. The van der Waals surface area contributed by atoms with Gasteiger partial charge in [0.05, 0.1) is 36.9 Å². The standard InChI is InChI=1S/C30H37N3O5S/c1-22(2)29-30(26-9-6-7-18-33(26)31-29)39(34,35)25-13-11-24(12-14-25)38-20-8-17-32(3)19-16-23-10-15-27(36-4)28(21-23)37-5/h6-7,9-15,18,21-22H,8,16-17,19-20H2,1-5H3. The van der Waals surface area contributed by atoms with Crippen LogP contribution in [-0.4, -0.2) is 63.9 Å². The van der Waals surface area contributed by atoms with Gasteiger partial charge in [0.2, 0.25) is 9.84 Å². The van der Waals surface area contributed by atoms with Crippen LogP contribution in [0.5, 0.6) is 17.2 Å². The van der Waals surface area contributed by atoms with E-state index in [1.165, 1.54) is 5.56 Å². The molecule has 0 aliphatic heterocycles. The molecule has 2 aromatic carbocycles. The lowest BCUT2D eigenvalue weighted by Crippen LogP contribution is -2.23. The topological polar surface area (TPSA) is 82.4 Å². The summed E-state index contributed by atoms with van der Waals surface area (Å²) >= 11 is 0. The second-order valence-corrected chi connectivity index (χ2v) is 11.7. The molecule has 0 aliphatic rings. The Bertz CT molecular complexity index is 1500. The number of methoxy groups -OCH3 is 2. The molecule has 39 heavy (non-hydrogen) atoms. The first-order chi connectivity index (χ1) is 18.7. The van der Waals surface area contributed by atoms with E-state index in [1.54, 1.807) is 55.3 Å². The van der Waals surface area contributed by atoms with E-state index in [0.29, 0.717) is 23.6 Å². The molecule has 0 saturated heterocycles. The fourth-order valence-corrected chi connectivity index (χ4v) is 6.19. The predicted octanol–water partition coefficient (Wildman–Crippen LogP) is 5.25. The molecule has 0 unspecified atom stereocenters. The van der Waals surface area contributed by atoms with Crippen LogP contribution in [0.3, 0.4) is 0 Å². The first-order valence-electron chi connectivity index (χ1n) is 13.1. The number of likely N-dealkylation sites (N-methyl/N-ethyl adjacent to an activating group) is 1. The third kappa shape index (κ3) is 6.54. The number of ether oxygens (including phenoxy) is 3. The van der Waals surface area contributed by atoms with E-state index in [-0.39, 0.29) is 15.7 Å². The Morgan fingerprint density at radius 3 is 2.38 bits per heavy atom. The van der Waals surface area contributed by atoms with Crippen molar-refractivity contribution >= 4 is 15.4 Å². The summed E-state index contributed by atoms with van der Waals surface area (Å²) in [6.07, 6.45) is 3.52. The van der Waals surface area contributed by atoms with Crippen molar-refractivity contribution in [1.82, 2.24) is 14.5 Å². The molecule has 4 rings (SSSR count). The number of pyridine rings is 1. The second-order valence-electron chi connectivity index (χ2n) is 9.82. The molecule has 0 spiro atoms. The molecule has 0 bridgehead atoms. The SMILES string of the molecule is COc1ccc(CCN(C)CCCOc2ccc(S(=O)(=O)c3c(C(C)C)nn4ccccc34)cc2)cc1OC. The van der Waals surface area contributed by atoms with Gasteiger partial charge in [-0.3, -0.25) is 0 Å². The van der Waals surface area contributed by atoms with Gasteiger partial charge in [-0.15, -0.1) is 0 Å². The van der Waals surface area contributed by atoms with Crippen LogP contribution >= 0.6 is 0 Å². The molecule has 0 fully saturated rings. The number of hydrogen-bond acceptors (Lipinski definition) is 7. The molecule has 9 heteroatoms. The molecule has 2 aromatic heterocycles. The van der Waals surface area contributed by atoms with Gasteiger partial charge in [-0.25, -0.2) is 12.9 Å². The maximum absolute atomic E-state index is 13.6. The van der Waals surface area contributed by atoms with Crippen LogP contribution in [0.2, 0.25) is 0 Å². The van der Waals surface area contributed by atoms with Crippen molar-refractivity contribution in [3.8, 4) is 17.2 Å². The van der Waals surface area contributed by atoms with Gasteiger partial charge in [-0.1, -0.05) is 26.0 Å². The highest BCUT2D eigenvalue weighted by Crippen LogP contribution is 2.32. The van der Waals surface area contributed by atoms with E-state index >= 15 is 0 Å². The molecule has 8 nitrogen and oxygen atoms in total. The number of rotatable bonds is 13. The number of nitrogens with zero attached hydrogens (tertiary/aromatic N) is 3. The lowest BCUT2D eigenvalue weighted by Gasteiger charge is -2.17. The smallest absolute Gasteiger partial charge is 0.210 e. The summed E-state index contributed by atoms with van der Waals surface area (Å²) in [6, 6.07) is 18.1. The quantitative estimate of drug-likeness (QED) is 0.210. The van der Waals surface area contributed by atoms with Crippen molar-refractivity contribution in [3.05, 3.63) is 78.1 Å². The predicted molar refractivity (Wildman–Crippen MR) is 152 cm³/mol. The van der Waals surface area contributed by atoms with E-state index in [9.17, 15) is 8.42 Å². The van der Waals surface area contributed by atoms with Crippen molar-refractivity contribution in [2.75, 3.05) is 41.0 Å². The van der Waals surface area contributed by atoms with E-state index in [0.717, 1.165) is 37.4 Å². The number of aromatic nitrogens is 2. The van der Waals surface area contributed by atoms with Crippen LogP contribution in [0.25, 0.3) is 5.52 Å². The lowest BCUT2D eigenvalue weighted by molar-refractivity contribution is 0.264. The minimum Gasteiger partial charge on any atom is -0.494 e. The molecule has 208 valence electrons. The Kier molecular flexibility index (Phi) is 9.14. The summed E-state index contributed by atoms with van der Waals surface area (Å²) in [4.78, 5) is 2.76. The minimum absolute atomic E-state index is 0.0329. The van der Waals surface area contributed by atoms with Crippen molar-refractivity contribution < 1.29 is 22.6 Å². The molecule has 2 heterocycles. The van der Waals surface area contributed by atoms with E-state index in [4.69, 9.17) is 14.2 Å². The van der Waals surface area contributed by atoms with E-state index in [1.807, 2.05) is 38.1 Å². The number of fused-ring (bicyclic) bond motifs is 1. The van der Waals surface area contributed by atoms with Gasteiger partial charge < -0.3 is 19.1 Å². The lowest BCUT2D eigenvalue weighted by atomic mass is 10.1. The molecule has 0 radical (unpaired) electrons. The van der Waals surface area contributed by atoms with Crippen molar-refractivity contribution in [2.24, 2.45) is 0 Å². The van der Waals surface area contributed by atoms with Gasteiger partial charge in [0.1, 0.15) is 10.6 Å². The minimum atomic E-state index is -3.75. The third-order valence-electron chi connectivity index (χ3n) is 6.65. The van der Waals surface area contributed by atoms with Crippen molar-refractivity contribution in [2.45, 2.75) is 42.4 Å². The molecule has 0 atom stereocenters. The monoisotopic (exact) mass is 551 g/mol. The highest BCUT2D eigenvalue weighted by molar-refractivity contribution is 7.91. The first-order valence-corrected chi connectivity index (χ1v) is 14.6. The summed E-state index contributed by atoms with van der Waals surface area (Å²) < 4.78 is 45.4. The largest absolute Gasteiger partial charge is 0.494 e. The maximum Gasteiger partial charge on any atom is 0.210 e. The van der Waals surface area contributed by atoms with Gasteiger partial charge in [-0.2, -0.15) is 5.10 Å².